The lowest BCUT2D eigenvalue weighted by atomic mass is 9.79. The van der Waals surface area contributed by atoms with Gasteiger partial charge in [0.2, 0.25) is 0 Å². The number of hydrogen-bond donors (Lipinski definition) is 1. The van der Waals surface area contributed by atoms with Gasteiger partial charge in [0, 0.05) is 12.5 Å². The highest BCUT2D eigenvalue weighted by Crippen LogP contribution is 2.30. The van der Waals surface area contributed by atoms with E-state index in [2.05, 4.69) is 13.8 Å². The van der Waals surface area contributed by atoms with Crippen LogP contribution in [0.1, 0.15) is 40.0 Å². The Morgan fingerprint density at radius 1 is 1.60 bits per heavy atom. The number of ketones is 1. The van der Waals surface area contributed by atoms with E-state index in [1.165, 1.54) is 0 Å². The van der Waals surface area contributed by atoms with Crippen LogP contribution < -0.4 is 5.73 Å². The van der Waals surface area contributed by atoms with Crippen LogP contribution in [0.4, 0.5) is 0 Å². The second-order valence-corrected chi connectivity index (χ2v) is 5.25. The van der Waals surface area contributed by atoms with Gasteiger partial charge in [-0.05, 0) is 19.3 Å². The van der Waals surface area contributed by atoms with Crippen LogP contribution in [0.15, 0.2) is 0 Å². The van der Waals surface area contributed by atoms with Crippen molar-refractivity contribution in [3.05, 3.63) is 0 Å². The first kappa shape index (κ1) is 12.7. The maximum absolute atomic E-state index is 12.0. The van der Waals surface area contributed by atoms with E-state index in [4.69, 9.17) is 10.5 Å². The summed E-state index contributed by atoms with van der Waals surface area (Å²) >= 11 is 0. The monoisotopic (exact) mass is 213 g/mol. The first-order valence-electron chi connectivity index (χ1n) is 5.83. The highest BCUT2D eigenvalue weighted by molar-refractivity contribution is 5.85. The molecule has 0 aromatic carbocycles. The molecule has 0 spiro atoms. The predicted molar refractivity (Wildman–Crippen MR) is 60.6 cm³/mol. The van der Waals surface area contributed by atoms with Crippen LogP contribution in [0.5, 0.6) is 0 Å². The van der Waals surface area contributed by atoms with Crippen molar-refractivity contribution in [2.24, 2.45) is 17.1 Å². The molecule has 2 atom stereocenters. The molecule has 3 heteroatoms. The highest BCUT2D eigenvalue weighted by Gasteiger charge is 2.43. The lowest BCUT2D eigenvalue weighted by Crippen LogP contribution is -2.44. The van der Waals surface area contributed by atoms with Crippen LogP contribution in [0, 0.1) is 11.3 Å². The summed E-state index contributed by atoms with van der Waals surface area (Å²) in [6.07, 6.45) is 2.72. The number of nitrogens with two attached hydrogens (primary N) is 1. The molecule has 1 aliphatic heterocycles. The third-order valence-electron chi connectivity index (χ3n) is 3.34. The van der Waals surface area contributed by atoms with E-state index < -0.39 is 5.41 Å². The molecule has 0 bridgehead atoms. The maximum Gasteiger partial charge on any atom is 0.142 e. The van der Waals surface area contributed by atoms with Crippen molar-refractivity contribution in [3.63, 3.8) is 0 Å². The summed E-state index contributed by atoms with van der Waals surface area (Å²) in [5.41, 5.74) is 5.47. The van der Waals surface area contributed by atoms with Gasteiger partial charge in [-0.2, -0.15) is 0 Å². The largest absolute Gasteiger partial charge is 0.379 e. The van der Waals surface area contributed by atoms with E-state index in [0.717, 1.165) is 12.8 Å². The van der Waals surface area contributed by atoms with E-state index in [1.54, 1.807) is 0 Å². The Labute approximate surface area is 92.4 Å². The molecular weight excluding hydrogens is 190 g/mol. The van der Waals surface area contributed by atoms with Gasteiger partial charge in [0.05, 0.1) is 18.6 Å². The summed E-state index contributed by atoms with van der Waals surface area (Å²) in [7, 11) is 0. The van der Waals surface area contributed by atoms with E-state index in [-0.39, 0.29) is 11.8 Å². The molecule has 1 fully saturated rings. The van der Waals surface area contributed by atoms with Crippen LogP contribution in [-0.2, 0) is 9.53 Å². The molecule has 0 aromatic rings. The van der Waals surface area contributed by atoms with Gasteiger partial charge in [-0.25, -0.2) is 0 Å². The fourth-order valence-electron chi connectivity index (χ4n) is 1.93. The van der Waals surface area contributed by atoms with Gasteiger partial charge in [0.1, 0.15) is 5.78 Å². The molecule has 2 unspecified atom stereocenters. The number of ether oxygens (including phenoxy) is 1. The second-order valence-electron chi connectivity index (χ2n) is 5.25. The zero-order valence-corrected chi connectivity index (χ0v) is 10.1. The standard InChI is InChI=1S/C12H23NO2/c1-9(2)5-4-6-11(14)12(3)8-15-7-10(12)13/h9-10H,4-8,13H2,1-3H3. The van der Waals surface area contributed by atoms with Gasteiger partial charge in [-0.3, -0.25) is 4.79 Å². The first-order valence-corrected chi connectivity index (χ1v) is 5.83. The van der Waals surface area contributed by atoms with Gasteiger partial charge in [-0.15, -0.1) is 0 Å². The molecule has 0 radical (unpaired) electrons. The molecule has 0 aliphatic carbocycles. The zero-order valence-electron chi connectivity index (χ0n) is 10.1. The van der Waals surface area contributed by atoms with Gasteiger partial charge in [0.25, 0.3) is 0 Å². The van der Waals surface area contributed by atoms with Crippen LogP contribution in [0.2, 0.25) is 0 Å². The fraction of sp³-hybridized carbons (Fsp3) is 0.917. The topological polar surface area (TPSA) is 52.3 Å². The minimum atomic E-state index is -0.434. The minimum Gasteiger partial charge on any atom is -0.379 e. The van der Waals surface area contributed by atoms with Crippen molar-refractivity contribution in [3.8, 4) is 0 Å². The van der Waals surface area contributed by atoms with Gasteiger partial charge in [0.15, 0.2) is 0 Å². The smallest absolute Gasteiger partial charge is 0.142 e. The maximum atomic E-state index is 12.0. The summed E-state index contributed by atoms with van der Waals surface area (Å²) in [6, 6.07) is -0.121. The van der Waals surface area contributed by atoms with Crippen molar-refractivity contribution in [2.75, 3.05) is 13.2 Å². The number of rotatable bonds is 5. The van der Waals surface area contributed by atoms with Gasteiger partial charge < -0.3 is 10.5 Å². The third-order valence-corrected chi connectivity index (χ3v) is 3.34. The van der Waals surface area contributed by atoms with E-state index in [0.29, 0.717) is 25.6 Å². The predicted octanol–water partition coefficient (Wildman–Crippen LogP) is 1.75. The summed E-state index contributed by atoms with van der Waals surface area (Å²) in [5.74, 6) is 0.937. The van der Waals surface area contributed by atoms with Crippen molar-refractivity contribution in [1.82, 2.24) is 0 Å². The third kappa shape index (κ3) is 3.02. The number of carbonyl (C=O) groups is 1. The van der Waals surface area contributed by atoms with Crippen LogP contribution >= 0.6 is 0 Å². The number of carbonyl (C=O) groups excluding carboxylic acids is 1. The van der Waals surface area contributed by atoms with E-state index in [1.807, 2.05) is 6.92 Å². The quantitative estimate of drug-likeness (QED) is 0.757. The lowest BCUT2D eigenvalue weighted by molar-refractivity contribution is -0.128. The Hall–Kier alpha value is -0.410. The van der Waals surface area contributed by atoms with Crippen molar-refractivity contribution < 1.29 is 9.53 Å². The molecule has 1 aliphatic rings. The Balaban J connectivity index is 2.39. The van der Waals surface area contributed by atoms with Crippen molar-refractivity contribution in [1.29, 1.82) is 0 Å². The molecule has 0 saturated carbocycles. The molecule has 2 N–H and O–H groups in total. The minimum absolute atomic E-state index is 0.121. The summed E-state index contributed by atoms with van der Waals surface area (Å²) in [5, 5.41) is 0. The summed E-state index contributed by atoms with van der Waals surface area (Å²) < 4.78 is 5.28. The van der Waals surface area contributed by atoms with E-state index >= 15 is 0 Å². The molecule has 15 heavy (non-hydrogen) atoms. The SMILES string of the molecule is CC(C)CCCC(=O)C1(C)COCC1N. The lowest BCUT2D eigenvalue weighted by Gasteiger charge is -2.25. The molecule has 1 saturated heterocycles. The molecule has 3 nitrogen and oxygen atoms in total. The molecule has 88 valence electrons. The Morgan fingerprint density at radius 3 is 2.73 bits per heavy atom. The second kappa shape index (κ2) is 5.08. The number of Topliss-reactive ketones (excluding diaryl/α,β-unsaturated/α-hetero) is 1. The van der Waals surface area contributed by atoms with Crippen molar-refractivity contribution >= 4 is 5.78 Å². The molecule has 0 amide bonds. The van der Waals surface area contributed by atoms with Gasteiger partial charge >= 0.3 is 0 Å². The van der Waals surface area contributed by atoms with Gasteiger partial charge in [-0.1, -0.05) is 20.3 Å². The average molecular weight is 213 g/mol. The highest BCUT2D eigenvalue weighted by atomic mass is 16.5. The first-order chi connectivity index (χ1) is 6.97. The molecule has 0 aromatic heterocycles. The Bertz CT molecular complexity index is 228. The van der Waals surface area contributed by atoms with Crippen LogP contribution in [0.3, 0.4) is 0 Å². The van der Waals surface area contributed by atoms with Crippen LogP contribution in [0.25, 0.3) is 0 Å². The fourth-order valence-corrected chi connectivity index (χ4v) is 1.93. The van der Waals surface area contributed by atoms with Crippen LogP contribution in [-0.4, -0.2) is 25.0 Å². The Morgan fingerprint density at radius 2 is 2.27 bits per heavy atom. The normalized spacial score (nSPS) is 31.1. The summed E-state index contributed by atoms with van der Waals surface area (Å²) in [6.45, 7) is 7.30. The zero-order chi connectivity index (χ0) is 11.5. The molecule has 1 heterocycles. The summed E-state index contributed by atoms with van der Waals surface area (Å²) in [4.78, 5) is 12.0. The molecule has 1 rings (SSSR count). The average Bonchev–Trinajstić information content (AvgIpc) is 2.47. The Kier molecular flexibility index (Phi) is 4.29. The van der Waals surface area contributed by atoms with Crippen molar-refractivity contribution in [2.45, 2.75) is 46.1 Å². The van der Waals surface area contributed by atoms with E-state index in [9.17, 15) is 4.79 Å². The molecular formula is C12H23NO2. The number of hydrogen-bond acceptors (Lipinski definition) is 3.